The van der Waals surface area contributed by atoms with Crippen molar-refractivity contribution in [3.8, 4) is 17.0 Å². The molecule has 156 valence electrons. The number of nitrogens with one attached hydrogen (secondary N) is 2. The Morgan fingerprint density at radius 2 is 2.10 bits per heavy atom. The van der Waals surface area contributed by atoms with E-state index < -0.39 is 11.5 Å². The van der Waals surface area contributed by atoms with Crippen LogP contribution in [0.5, 0.6) is 5.75 Å². The standard InChI is InChI=1S/C19H16ClF2N5O3/c20-19(21,22)30-14-3-1-13(2-4-14)25-18(28)12-9-15(16-5-6-24-26-16)17(23-10-12)27-7-8-29-11-27/h1-6,9-10H,7-8,11H2,(H,24,26)(H,25,28). The summed E-state index contributed by atoms with van der Waals surface area (Å²) in [7, 11) is 0. The topological polar surface area (TPSA) is 92.4 Å². The van der Waals surface area contributed by atoms with Gasteiger partial charge in [-0.2, -0.15) is 5.10 Å². The molecule has 0 saturated carbocycles. The number of hydrogen-bond donors (Lipinski definition) is 2. The number of hydrogen-bond acceptors (Lipinski definition) is 6. The highest BCUT2D eigenvalue weighted by Gasteiger charge is 2.27. The maximum Gasteiger partial charge on any atom is 0.487 e. The second-order valence-corrected chi connectivity index (χ2v) is 6.83. The minimum absolute atomic E-state index is 0.131. The number of amides is 1. The van der Waals surface area contributed by atoms with E-state index in [1.54, 1.807) is 18.3 Å². The van der Waals surface area contributed by atoms with Gasteiger partial charge >= 0.3 is 5.57 Å². The van der Waals surface area contributed by atoms with Crippen molar-refractivity contribution in [3.05, 3.63) is 54.4 Å². The van der Waals surface area contributed by atoms with Crippen LogP contribution in [0.25, 0.3) is 11.3 Å². The fourth-order valence-electron chi connectivity index (χ4n) is 2.96. The number of ether oxygens (including phenoxy) is 2. The third-order valence-electron chi connectivity index (χ3n) is 4.32. The molecule has 0 atom stereocenters. The zero-order chi connectivity index (χ0) is 21.1. The van der Waals surface area contributed by atoms with Crippen molar-refractivity contribution < 1.29 is 23.0 Å². The Bertz CT molecular complexity index is 1020. The summed E-state index contributed by atoms with van der Waals surface area (Å²) in [6, 6.07) is 8.89. The molecule has 3 heterocycles. The smallest absolute Gasteiger partial charge is 0.420 e. The molecule has 1 aromatic carbocycles. The summed E-state index contributed by atoms with van der Waals surface area (Å²) >= 11 is 4.74. The van der Waals surface area contributed by atoms with Crippen molar-refractivity contribution in [2.45, 2.75) is 5.57 Å². The van der Waals surface area contributed by atoms with Crippen molar-refractivity contribution in [2.75, 3.05) is 30.1 Å². The molecule has 3 aromatic rings. The number of carbonyl (C=O) groups is 1. The summed E-state index contributed by atoms with van der Waals surface area (Å²) < 4.78 is 35.0. The number of anilines is 2. The van der Waals surface area contributed by atoms with Gasteiger partial charge in [-0.3, -0.25) is 9.89 Å². The number of rotatable bonds is 6. The summed E-state index contributed by atoms with van der Waals surface area (Å²) in [5.41, 5.74) is -1.68. The van der Waals surface area contributed by atoms with E-state index in [-0.39, 0.29) is 5.75 Å². The number of carbonyl (C=O) groups excluding carboxylic acids is 1. The Hall–Kier alpha value is -3.24. The predicted octanol–water partition coefficient (Wildman–Crippen LogP) is 3.69. The lowest BCUT2D eigenvalue weighted by molar-refractivity contribution is -0.0964. The van der Waals surface area contributed by atoms with E-state index in [9.17, 15) is 13.6 Å². The molecule has 0 aliphatic carbocycles. The second kappa shape index (κ2) is 8.25. The number of H-pyrrole nitrogens is 1. The quantitative estimate of drug-likeness (QED) is 0.574. The molecule has 30 heavy (non-hydrogen) atoms. The van der Waals surface area contributed by atoms with Crippen LogP contribution in [0.3, 0.4) is 0 Å². The molecule has 11 heteroatoms. The molecule has 1 fully saturated rings. The molecule has 4 rings (SSSR count). The molecule has 0 radical (unpaired) electrons. The number of aromatic amines is 1. The fourth-order valence-corrected chi connectivity index (χ4v) is 3.05. The van der Waals surface area contributed by atoms with Crippen LogP contribution in [0.2, 0.25) is 0 Å². The molecule has 0 spiro atoms. The van der Waals surface area contributed by atoms with E-state index >= 15 is 0 Å². The number of alkyl halides is 3. The number of pyridine rings is 1. The van der Waals surface area contributed by atoms with Gasteiger partial charge in [0.15, 0.2) is 0 Å². The Labute approximate surface area is 174 Å². The normalized spacial score (nSPS) is 14.0. The van der Waals surface area contributed by atoms with Crippen molar-refractivity contribution in [1.29, 1.82) is 0 Å². The van der Waals surface area contributed by atoms with Gasteiger partial charge in [-0.05, 0) is 36.4 Å². The Kier molecular flexibility index (Phi) is 5.51. The van der Waals surface area contributed by atoms with E-state index in [1.165, 1.54) is 30.5 Å². The van der Waals surface area contributed by atoms with Gasteiger partial charge in [0, 0.05) is 41.8 Å². The summed E-state index contributed by atoms with van der Waals surface area (Å²) in [4.78, 5) is 19.1. The lowest BCUT2D eigenvalue weighted by Crippen LogP contribution is -2.21. The maximum atomic E-state index is 12.7. The largest absolute Gasteiger partial charge is 0.487 e. The Morgan fingerprint density at radius 3 is 2.73 bits per heavy atom. The maximum absolute atomic E-state index is 12.7. The molecule has 1 amide bonds. The number of benzene rings is 1. The van der Waals surface area contributed by atoms with Crippen LogP contribution in [0.4, 0.5) is 20.3 Å². The highest BCUT2D eigenvalue weighted by atomic mass is 35.5. The van der Waals surface area contributed by atoms with Crippen molar-refractivity contribution in [1.82, 2.24) is 15.2 Å². The lowest BCUT2D eigenvalue weighted by atomic mass is 10.1. The van der Waals surface area contributed by atoms with Gasteiger partial charge in [0.1, 0.15) is 18.3 Å². The van der Waals surface area contributed by atoms with Crippen LogP contribution in [0.15, 0.2) is 48.8 Å². The van der Waals surface area contributed by atoms with Crippen molar-refractivity contribution in [2.24, 2.45) is 0 Å². The van der Waals surface area contributed by atoms with E-state index in [0.717, 1.165) is 0 Å². The first-order valence-electron chi connectivity index (χ1n) is 8.89. The van der Waals surface area contributed by atoms with Gasteiger partial charge in [0.05, 0.1) is 17.9 Å². The molecule has 1 saturated heterocycles. The molecule has 8 nitrogen and oxygen atoms in total. The minimum atomic E-state index is -3.80. The first-order valence-corrected chi connectivity index (χ1v) is 9.26. The van der Waals surface area contributed by atoms with Gasteiger partial charge in [0.2, 0.25) is 0 Å². The fraction of sp³-hybridized carbons (Fsp3) is 0.211. The summed E-state index contributed by atoms with van der Waals surface area (Å²) in [5.74, 6) is 0.133. The molecule has 0 bridgehead atoms. The van der Waals surface area contributed by atoms with Crippen LogP contribution >= 0.6 is 11.6 Å². The molecule has 2 aromatic heterocycles. The average Bonchev–Trinajstić information content (AvgIpc) is 3.42. The third kappa shape index (κ3) is 4.66. The molecule has 1 aliphatic rings. The van der Waals surface area contributed by atoms with E-state index in [2.05, 4.69) is 25.2 Å². The number of halogens is 3. The second-order valence-electron chi connectivity index (χ2n) is 6.39. The highest BCUT2D eigenvalue weighted by Crippen LogP contribution is 2.30. The molecule has 2 N–H and O–H groups in total. The minimum Gasteiger partial charge on any atom is -0.420 e. The first-order chi connectivity index (χ1) is 14.4. The molecular weight excluding hydrogens is 420 g/mol. The average molecular weight is 436 g/mol. The number of aromatic nitrogens is 3. The lowest BCUT2D eigenvalue weighted by Gasteiger charge is -2.18. The van der Waals surface area contributed by atoms with E-state index in [0.29, 0.717) is 48.2 Å². The van der Waals surface area contributed by atoms with Crippen LogP contribution < -0.4 is 15.0 Å². The van der Waals surface area contributed by atoms with Gasteiger partial charge in [-0.25, -0.2) is 4.98 Å². The third-order valence-corrected chi connectivity index (χ3v) is 4.39. The highest BCUT2D eigenvalue weighted by molar-refractivity contribution is 6.20. The van der Waals surface area contributed by atoms with Crippen LogP contribution in [-0.2, 0) is 4.74 Å². The van der Waals surface area contributed by atoms with E-state index in [4.69, 9.17) is 16.3 Å². The van der Waals surface area contributed by atoms with Crippen LogP contribution in [0, 0.1) is 0 Å². The van der Waals surface area contributed by atoms with Gasteiger partial charge in [-0.15, -0.1) is 8.78 Å². The Balaban J connectivity index is 1.55. The molecular formula is C19H16ClF2N5O3. The summed E-state index contributed by atoms with van der Waals surface area (Å²) in [5, 5.41) is 9.54. The SMILES string of the molecule is O=C(Nc1ccc(OC(F)(F)Cl)cc1)c1cnc(N2CCOC2)c(-c2ccn[nH]2)c1. The molecule has 0 unspecified atom stereocenters. The zero-order valence-electron chi connectivity index (χ0n) is 15.4. The predicted molar refractivity (Wildman–Crippen MR) is 106 cm³/mol. The monoisotopic (exact) mass is 435 g/mol. The van der Waals surface area contributed by atoms with Crippen molar-refractivity contribution >= 4 is 29.0 Å². The summed E-state index contributed by atoms with van der Waals surface area (Å²) in [6.45, 7) is 1.70. The van der Waals surface area contributed by atoms with Gasteiger partial charge in [0.25, 0.3) is 5.91 Å². The van der Waals surface area contributed by atoms with E-state index in [1.807, 2.05) is 4.90 Å². The van der Waals surface area contributed by atoms with Gasteiger partial charge in [-0.1, -0.05) is 0 Å². The van der Waals surface area contributed by atoms with Crippen molar-refractivity contribution in [3.63, 3.8) is 0 Å². The molecule has 1 aliphatic heterocycles. The first kappa shape index (κ1) is 20.0. The summed E-state index contributed by atoms with van der Waals surface area (Å²) in [6.07, 6.45) is 3.08. The van der Waals surface area contributed by atoms with Gasteiger partial charge < -0.3 is 19.7 Å². The van der Waals surface area contributed by atoms with Crippen LogP contribution in [-0.4, -0.2) is 46.5 Å². The number of nitrogens with zero attached hydrogens (tertiary/aromatic N) is 3. The zero-order valence-corrected chi connectivity index (χ0v) is 16.2. The Morgan fingerprint density at radius 1 is 1.30 bits per heavy atom. The van der Waals surface area contributed by atoms with Crippen LogP contribution in [0.1, 0.15) is 10.4 Å².